The van der Waals surface area contributed by atoms with E-state index in [-0.39, 0.29) is 23.5 Å². The van der Waals surface area contributed by atoms with Crippen LogP contribution in [0.5, 0.6) is 5.75 Å². The Morgan fingerprint density at radius 2 is 1.88 bits per heavy atom. The summed E-state index contributed by atoms with van der Waals surface area (Å²) in [7, 11) is 0. The molecule has 1 aromatic carbocycles. The van der Waals surface area contributed by atoms with Gasteiger partial charge in [-0.1, -0.05) is 0 Å². The molecule has 0 spiro atoms. The predicted molar refractivity (Wildman–Crippen MR) is 109 cm³/mol. The Balaban J connectivity index is 0.000000633. The van der Waals surface area contributed by atoms with Gasteiger partial charge in [-0.05, 0) is 36.9 Å². The molecular weight excluding hydrogens is 437 g/mol. The van der Waals surface area contributed by atoms with Crippen molar-refractivity contribution in [3.63, 3.8) is 0 Å². The zero-order chi connectivity index (χ0) is 24.5. The first-order chi connectivity index (χ1) is 14.9. The van der Waals surface area contributed by atoms with Gasteiger partial charge >= 0.3 is 18.1 Å². The number of halogens is 3. The van der Waals surface area contributed by atoms with Gasteiger partial charge in [-0.2, -0.15) is 13.2 Å². The lowest BCUT2D eigenvalue weighted by Crippen LogP contribution is -2.31. The van der Waals surface area contributed by atoms with Gasteiger partial charge in [0.25, 0.3) is 5.56 Å². The molecule has 0 bridgehead atoms. The number of aryl methyl sites for hydroxylation is 1. The number of carboxylic acids is 2. The number of nitrogens with one attached hydrogen (secondary N) is 2. The normalized spacial score (nSPS) is 10.8. The molecule has 0 saturated heterocycles. The highest BCUT2D eigenvalue weighted by atomic mass is 19.4. The van der Waals surface area contributed by atoms with Gasteiger partial charge in [0.15, 0.2) is 5.96 Å². The van der Waals surface area contributed by atoms with E-state index in [0.29, 0.717) is 37.4 Å². The van der Waals surface area contributed by atoms with E-state index in [9.17, 15) is 22.8 Å². The second-order valence-corrected chi connectivity index (χ2v) is 6.36. The maximum absolute atomic E-state index is 12.4. The van der Waals surface area contributed by atoms with E-state index >= 15 is 0 Å². The molecule has 1 aromatic heterocycles. The van der Waals surface area contributed by atoms with Crippen LogP contribution in [0.25, 0.3) is 10.9 Å². The quantitative estimate of drug-likeness (QED) is 0.225. The summed E-state index contributed by atoms with van der Waals surface area (Å²) < 4.78 is 39.0. The monoisotopic (exact) mass is 460 g/mol. The first-order valence-electron chi connectivity index (χ1n) is 9.25. The summed E-state index contributed by atoms with van der Waals surface area (Å²) in [5.74, 6) is -3.23. The largest absolute Gasteiger partial charge is 0.493 e. The third-order valence-electron chi connectivity index (χ3n) is 3.95. The SMILES string of the molecule is CCn1c(=O)c(CC(=O)O)cc2ccc(OCCCNC(=N)N)cc21.O=C(O)C(F)(F)F. The number of benzene rings is 1. The summed E-state index contributed by atoms with van der Waals surface area (Å²) in [6.45, 7) is 3.27. The highest BCUT2D eigenvalue weighted by molar-refractivity contribution is 5.82. The van der Waals surface area contributed by atoms with Crippen molar-refractivity contribution >= 4 is 28.8 Å². The third kappa shape index (κ3) is 8.16. The van der Waals surface area contributed by atoms with Crippen molar-refractivity contribution in [3.05, 3.63) is 40.2 Å². The number of pyridine rings is 1. The maximum Gasteiger partial charge on any atom is 0.490 e. The molecule has 0 radical (unpaired) electrons. The van der Waals surface area contributed by atoms with Crippen LogP contribution in [0, 0.1) is 5.41 Å². The minimum absolute atomic E-state index is 0.0742. The van der Waals surface area contributed by atoms with Crippen molar-refractivity contribution in [2.45, 2.75) is 32.5 Å². The van der Waals surface area contributed by atoms with E-state index in [2.05, 4.69) is 5.32 Å². The minimum Gasteiger partial charge on any atom is -0.493 e. The number of fused-ring (bicyclic) bond motifs is 1. The van der Waals surface area contributed by atoms with Crippen molar-refractivity contribution in [2.24, 2.45) is 5.73 Å². The molecule has 0 aliphatic rings. The Bertz CT molecular complexity index is 1040. The van der Waals surface area contributed by atoms with Crippen molar-refractivity contribution in [1.29, 1.82) is 5.41 Å². The molecule has 0 unspecified atom stereocenters. The number of hydrogen-bond acceptors (Lipinski definition) is 5. The fourth-order valence-electron chi connectivity index (χ4n) is 2.59. The summed E-state index contributed by atoms with van der Waals surface area (Å²) in [5, 5.41) is 26.6. The molecule has 6 N–H and O–H groups in total. The molecule has 10 nitrogen and oxygen atoms in total. The highest BCUT2D eigenvalue weighted by Gasteiger charge is 2.38. The van der Waals surface area contributed by atoms with Crippen LogP contribution in [0.1, 0.15) is 18.9 Å². The third-order valence-corrected chi connectivity index (χ3v) is 3.95. The number of ether oxygens (including phenoxy) is 1. The first kappa shape index (κ1) is 26.3. The lowest BCUT2D eigenvalue weighted by Gasteiger charge is -2.13. The lowest BCUT2D eigenvalue weighted by atomic mass is 10.1. The first-order valence-corrected chi connectivity index (χ1v) is 9.25. The summed E-state index contributed by atoms with van der Waals surface area (Å²) in [6, 6.07) is 7.01. The van der Waals surface area contributed by atoms with Gasteiger partial charge in [0.1, 0.15) is 5.75 Å². The van der Waals surface area contributed by atoms with Gasteiger partial charge in [0, 0.05) is 24.7 Å². The molecule has 2 rings (SSSR count). The second-order valence-electron chi connectivity index (χ2n) is 6.36. The maximum atomic E-state index is 12.4. The molecule has 176 valence electrons. The summed E-state index contributed by atoms with van der Waals surface area (Å²) >= 11 is 0. The standard InChI is InChI=1S/C17H22N4O4.C2HF3O2/c1-2-21-14-10-13(25-7-3-6-20-17(18)19)5-4-11(14)8-12(16(21)24)9-15(22)23;3-2(4,5)1(6)7/h4-5,8,10H,2-3,6-7,9H2,1H3,(H,22,23)(H4,18,19,20);(H,6,7). The number of nitrogens with zero attached hydrogens (tertiary/aromatic N) is 1. The number of guanidine groups is 1. The molecule has 0 fully saturated rings. The molecule has 0 atom stereocenters. The number of aromatic nitrogens is 1. The van der Waals surface area contributed by atoms with Crippen LogP contribution in [0.4, 0.5) is 13.2 Å². The molecule has 32 heavy (non-hydrogen) atoms. The average Bonchev–Trinajstić information content (AvgIpc) is 2.67. The van der Waals surface area contributed by atoms with Crippen LogP contribution >= 0.6 is 0 Å². The lowest BCUT2D eigenvalue weighted by molar-refractivity contribution is -0.192. The minimum atomic E-state index is -5.08. The van der Waals surface area contributed by atoms with Gasteiger partial charge in [0.2, 0.25) is 0 Å². The Morgan fingerprint density at radius 1 is 1.25 bits per heavy atom. The number of aliphatic carboxylic acids is 2. The van der Waals surface area contributed by atoms with Crippen molar-refractivity contribution < 1.29 is 37.7 Å². The Labute approximate surface area is 179 Å². The van der Waals surface area contributed by atoms with Crippen LogP contribution in [0.3, 0.4) is 0 Å². The van der Waals surface area contributed by atoms with Crippen LogP contribution in [0.15, 0.2) is 29.1 Å². The van der Waals surface area contributed by atoms with Crippen LogP contribution in [-0.2, 0) is 22.6 Å². The van der Waals surface area contributed by atoms with E-state index in [1.54, 1.807) is 22.8 Å². The van der Waals surface area contributed by atoms with Crippen molar-refractivity contribution in [3.8, 4) is 5.75 Å². The zero-order valence-electron chi connectivity index (χ0n) is 17.0. The molecule has 0 amide bonds. The fraction of sp³-hybridized carbons (Fsp3) is 0.368. The van der Waals surface area contributed by atoms with Gasteiger partial charge in [0.05, 0.1) is 18.5 Å². The Hall–Kier alpha value is -3.77. The van der Waals surface area contributed by atoms with E-state index in [1.807, 2.05) is 13.0 Å². The van der Waals surface area contributed by atoms with Gasteiger partial charge in [-0.3, -0.25) is 15.0 Å². The highest BCUT2D eigenvalue weighted by Crippen LogP contribution is 2.21. The molecule has 0 aliphatic heterocycles. The van der Waals surface area contributed by atoms with E-state index in [0.717, 1.165) is 5.39 Å². The van der Waals surface area contributed by atoms with Crippen LogP contribution < -0.4 is 21.3 Å². The Kier molecular flexibility index (Phi) is 9.50. The van der Waals surface area contributed by atoms with Gasteiger partial charge < -0.3 is 30.6 Å². The molecule has 2 aromatic rings. The zero-order valence-corrected chi connectivity index (χ0v) is 17.0. The number of carbonyl (C=O) groups is 2. The summed E-state index contributed by atoms with van der Waals surface area (Å²) in [5.41, 5.74) is 5.89. The number of rotatable bonds is 8. The molecule has 0 aliphatic carbocycles. The van der Waals surface area contributed by atoms with E-state index in [4.69, 9.17) is 30.9 Å². The van der Waals surface area contributed by atoms with Crippen LogP contribution in [-0.4, -0.2) is 52.0 Å². The molecular formula is C19H23F3N4O6. The topological polar surface area (TPSA) is 168 Å². The average molecular weight is 460 g/mol. The van der Waals surface area contributed by atoms with E-state index < -0.39 is 18.1 Å². The Morgan fingerprint density at radius 3 is 2.38 bits per heavy atom. The summed E-state index contributed by atoms with van der Waals surface area (Å²) in [6.07, 6.45) is -4.70. The van der Waals surface area contributed by atoms with Crippen molar-refractivity contribution in [2.75, 3.05) is 13.2 Å². The number of hydrogen-bond donors (Lipinski definition) is 5. The fourth-order valence-corrected chi connectivity index (χ4v) is 2.59. The number of carboxylic acid groups (broad SMARTS) is 2. The second kappa shape index (κ2) is 11.6. The molecule has 0 saturated carbocycles. The molecule has 1 heterocycles. The van der Waals surface area contributed by atoms with Crippen molar-refractivity contribution in [1.82, 2.24) is 9.88 Å². The number of alkyl halides is 3. The van der Waals surface area contributed by atoms with Crippen LogP contribution in [0.2, 0.25) is 0 Å². The van der Waals surface area contributed by atoms with Gasteiger partial charge in [-0.25, -0.2) is 4.79 Å². The predicted octanol–water partition coefficient (Wildman–Crippen LogP) is 1.53. The summed E-state index contributed by atoms with van der Waals surface area (Å²) in [4.78, 5) is 32.3. The van der Waals surface area contributed by atoms with E-state index in [1.165, 1.54) is 0 Å². The number of nitrogens with two attached hydrogens (primary N) is 1. The molecule has 13 heteroatoms. The smallest absolute Gasteiger partial charge is 0.490 e. The van der Waals surface area contributed by atoms with Gasteiger partial charge in [-0.15, -0.1) is 0 Å².